The molecule has 3 rings (SSSR count). The van der Waals surface area contributed by atoms with Crippen LogP contribution in [0.15, 0.2) is 55.1 Å². The van der Waals surface area contributed by atoms with Gasteiger partial charge in [0.25, 0.3) is 0 Å². The molecule has 0 saturated heterocycles. The zero-order chi connectivity index (χ0) is 27.1. The summed E-state index contributed by atoms with van der Waals surface area (Å²) in [7, 11) is 0. The van der Waals surface area contributed by atoms with Gasteiger partial charge >= 0.3 is 6.09 Å². The van der Waals surface area contributed by atoms with E-state index in [0.717, 1.165) is 47.3 Å². The lowest BCUT2D eigenvalue weighted by atomic mass is 9.80. The normalized spacial score (nSPS) is 18.6. The quantitative estimate of drug-likeness (QED) is 0.297. The standard InChI is InChI=1S/C30H39N3O4/c1-7-9-10-11-28(35)31-24-15-12-22(13-16-24)23-14-17-27-25(18-23)29(32-30(36)37-19(3)4)20(5)26(8-2)33(27)21(6)34/h7,12-20,26,29H,1,8-11H2,2-6H3,(H,31,35)(H,32,36)/t20-,26?,29?/m1/s1. The first-order valence-corrected chi connectivity index (χ1v) is 13.1. The molecule has 2 unspecified atom stereocenters. The Balaban J connectivity index is 1.92. The number of nitrogens with one attached hydrogen (secondary N) is 2. The molecule has 2 aromatic rings. The van der Waals surface area contributed by atoms with Crippen LogP contribution in [0.25, 0.3) is 11.1 Å². The molecule has 0 aromatic heterocycles. The highest BCUT2D eigenvalue weighted by Crippen LogP contribution is 2.43. The summed E-state index contributed by atoms with van der Waals surface area (Å²) < 4.78 is 5.38. The van der Waals surface area contributed by atoms with E-state index in [-0.39, 0.29) is 35.9 Å². The molecule has 0 radical (unpaired) electrons. The molecule has 1 aliphatic heterocycles. The number of hydrogen-bond acceptors (Lipinski definition) is 4. The van der Waals surface area contributed by atoms with E-state index in [1.807, 2.05) is 67.3 Å². The summed E-state index contributed by atoms with van der Waals surface area (Å²) in [6.45, 7) is 13.0. The number of carbonyl (C=O) groups is 3. The number of unbranched alkanes of at least 4 members (excludes halogenated alkanes) is 1. The second kappa shape index (κ2) is 12.6. The third-order valence-electron chi connectivity index (χ3n) is 6.77. The van der Waals surface area contributed by atoms with Crippen LogP contribution in [0.4, 0.5) is 16.2 Å². The second-order valence-electron chi connectivity index (χ2n) is 9.88. The smallest absolute Gasteiger partial charge is 0.407 e. The van der Waals surface area contributed by atoms with Crippen molar-refractivity contribution in [2.24, 2.45) is 5.92 Å². The number of alkyl carbamates (subject to hydrolysis) is 1. The van der Waals surface area contributed by atoms with E-state index in [0.29, 0.717) is 6.42 Å². The number of hydrogen-bond donors (Lipinski definition) is 2. The van der Waals surface area contributed by atoms with E-state index in [1.165, 1.54) is 0 Å². The van der Waals surface area contributed by atoms with Crippen LogP contribution in [0.2, 0.25) is 0 Å². The Kier molecular flexibility index (Phi) is 9.50. The minimum Gasteiger partial charge on any atom is -0.447 e. The zero-order valence-electron chi connectivity index (χ0n) is 22.5. The van der Waals surface area contributed by atoms with Crippen LogP contribution >= 0.6 is 0 Å². The van der Waals surface area contributed by atoms with Crippen molar-refractivity contribution in [3.63, 3.8) is 0 Å². The Morgan fingerprint density at radius 1 is 1.11 bits per heavy atom. The van der Waals surface area contributed by atoms with Gasteiger partial charge in [-0.3, -0.25) is 9.59 Å². The summed E-state index contributed by atoms with van der Waals surface area (Å²) in [6.07, 6.45) is 3.91. The summed E-state index contributed by atoms with van der Waals surface area (Å²) in [5.74, 6) is -0.0616. The maximum Gasteiger partial charge on any atom is 0.407 e. The average molecular weight is 506 g/mol. The summed E-state index contributed by atoms with van der Waals surface area (Å²) in [5, 5.41) is 5.99. The van der Waals surface area contributed by atoms with Gasteiger partial charge in [0, 0.05) is 36.7 Å². The van der Waals surface area contributed by atoms with Crippen LogP contribution in [0.5, 0.6) is 0 Å². The Morgan fingerprint density at radius 3 is 2.38 bits per heavy atom. The number of rotatable bonds is 9. The highest BCUT2D eigenvalue weighted by Gasteiger charge is 2.40. The van der Waals surface area contributed by atoms with E-state index in [4.69, 9.17) is 4.74 Å². The van der Waals surface area contributed by atoms with E-state index in [2.05, 4.69) is 31.1 Å². The van der Waals surface area contributed by atoms with Crippen LogP contribution in [-0.4, -0.2) is 30.1 Å². The molecule has 7 heteroatoms. The largest absolute Gasteiger partial charge is 0.447 e. The fourth-order valence-electron chi connectivity index (χ4n) is 5.04. The van der Waals surface area contributed by atoms with Crippen LogP contribution < -0.4 is 15.5 Å². The predicted molar refractivity (Wildman–Crippen MR) is 148 cm³/mol. The van der Waals surface area contributed by atoms with E-state index in [9.17, 15) is 14.4 Å². The Bertz CT molecular complexity index is 1130. The van der Waals surface area contributed by atoms with E-state index < -0.39 is 6.09 Å². The van der Waals surface area contributed by atoms with Crippen molar-refractivity contribution in [3.8, 4) is 11.1 Å². The number of allylic oxidation sites excluding steroid dienone is 1. The number of amides is 3. The van der Waals surface area contributed by atoms with Crippen molar-refractivity contribution in [1.82, 2.24) is 5.32 Å². The molecule has 3 atom stereocenters. The highest BCUT2D eigenvalue weighted by atomic mass is 16.6. The molecule has 3 amide bonds. The molecular weight excluding hydrogens is 466 g/mol. The van der Waals surface area contributed by atoms with Crippen LogP contribution in [-0.2, 0) is 14.3 Å². The first kappa shape index (κ1) is 28.0. The topological polar surface area (TPSA) is 87.7 Å². The highest BCUT2D eigenvalue weighted by molar-refractivity contribution is 5.95. The van der Waals surface area contributed by atoms with Gasteiger partial charge in [0.15, 0.2) is 0 Å². The lowest BCUT2D eigenvalue weighted by Gasteiger charge is -2.45. The fraction of sp³-hybridized carbons (Fsp3) is 0.433. The maximum absolute atomic E-state index is 12.7. The van der Waals surface area contributed by atoms with Crippen molar-refractivity contribution in [2.75, 3.05) is 10.2 Å². The van der Waals surface area contributed by atoms with Crippen molar-refractivity contribution >= 4 is 29.3 Å². The van der Waals surface area contributed by atoms with Gasteiger partial charge in [-0.1, -0.05) is 38.1 Å². The first-order valence-electron chi connectivity index (χ1n) is 13.1. The van der Waals surface area contributed by atoms with Crippen molar-refractivity contribution in [3.05, 3.63) is 60.7 Å². The number of fused-ring (bicyclic) bond motifs is 1. The van der Waals surface area contributed by atoms with Gasteiger partial charge in [0.05, 0.1) is 12.1 Å². The minimum atomic E-state index is -0.470. The van der Waals surface area contributed by atoms with Gasteiger partial charge in [0.2, 0.25) is 11.8 Å². The SMILES string of the molecule is C=CCCCC(=O)Nc1ccc(-c2ccc3c(c2)C(NC(=O)OC(C)C)[C@H](C)C(CC)N3C(C)=O)cc1. The van der Waals surface area contributed by atoms with Crippen LogP contribution in [0, 0.1) is 5.92 Å². The van der Waals surface area contributed by atoms with Gasteiger partial charge in [-0.2, -0.15) is 0 Å². The van der Waals surface area contributed by atoms with Gasteiger partial charge in [0.1, 0.15) is 0 Å². The van der Waals surface area contributed by atoms with Gasteiger partial charge < -0.3 is 20.3 Å². The molecule has 0 aliphatic carbocycles. The molecule has 2 aromatic carbocycles. The molecule has 7 nitrogen and oxygen atoms in total. The fourth-order valence-corrected chi connectivity index (χ4v) is 5.04. The summed E-state index contributed by atoms with van der Waals surface area (Å²) in [4.78, 5) is 39.3. The molecule has 198 valence electrons. The average Bonchev–Trinajstić information content (AvgIpc) is 2.85. The summed E-state index contributed by atoms with van der Waals surface area (Å²) >= 11 is 0. The van der Waals surface area contributed by atoms with E-state index >= 15 is 0 Å². The number of ether oxygens (including phenoxy) is 1. The lowest BCUT2D eigenvalue weighted by molar-refractivity contribution is -0.117. The second-order valence-corrected chi connectivity index (χ2v) is 9.88. The predicted octanol–water partition coefficient (Wildman–Crippen LogP) is 6.61. The molecule has 1 heterocycles. The van der Waals surface area contributed by atoms with Gasteiger partial charge in [-0.15, -0.1) is 6.58 Å². The van der Waals surface area contributed by atoms with Gasteiger partial charge in [-0.25, -0.2) is 4.79 Å². The molecule has 1 aliphatic rings. The Labute approximate surface area is 220 Å². The number of nitrogens with zero attached hydrogens (tertiary/aromatic N) is 1. The number of anilines is 2. The third-order valence-corrected chi connectivity index (χ3v) is 6.77. The molecule has 0 bridgehead atoms. The molecule has 37 heavy (non-hydrogen) atoms. The Hall–Kier alpha value is -3.61. The van der Waals surface area contributed by atoms with Gasteiger partial charge in [-0.05, 0) is 74.1 Å². The zero-order valence-corrected chi connectivity index (χ0v) is 22.5. The maximum atomic E-state index is 12.7. The Morgan fingerprint density at radius 2 is 1.78 bits per heavy atom. The van der Waals surface area contributed by atoms with Crippen molar-refractivity contribution in [1.29, 1.82) is 0 Å². The molecule has 0 spiro atoms. The van der Waals surface area contributed by atoms with Crippen molar-refractivity contribution < 1.29 is 19.1 Å². The molecule has 0 saturated carbocycles. The summed E-state index contributed by atoms with van der Waals surface area (Å²) in [6, 6.07) is 13.3. The lowest BCUT2D eigenvalue weighted by Crippen LogP contribution is -2.52. The number of carbonyl (C=O) groups excluding carboxylic acids is 3. The first-order chi connectivity index (χ1) is 17.7. The number of benzene rings is 2. The molecular formula is C30H39N3O4. The summed E-state index contributed by atoms with van der Waals surface area (Å²) in [5.41, 5.74) is 4.35. The molecule has 0 fully saturated rings. The van der Waals surface area contributed by atoms with Crippen LogP contribution in [0.1, 0.15) is 71.9 Å². The third kappa shape index (κ3) is 6.79. The minimum absolute atomic E-state index is 0.0185. The van der Waals surface area contributed by atoms with Crippen molar-refractivity contribution in [2.45, 2.75) is 78.5 Å². The monoisotopic (exact) mass is 505 g/mol. The van der Waals surface area contributed by atoms with E-state index in [1.54, 1.807) is 6.92 Å². The van der Waals surface area contributed by atoms with Crippen LogP contribution in [0.3, 0.4) is 0 Å². The molecule has 2 N–H and O–H groups in total.